The van der Waals surface area contributed by atoms with E-state index in [1.54, 1.807) is 24.1 Å². The van der Waals surface area contributed by atoms with E-state index in [0.29, 0.717) is 17.9 Å². The zero-order valence-electron chi connectivity index (χ0n) is 21.8. The van der Waals surface area contributed by atoms with Gasteiger partial charge in [-0.15, -0.1) is 0 Å². The fourth-order valence-electron chi connectivity index (χ4n) is 3.86. The van der Waals surface area contributed by atoms with E-state index in [4.69, 9.17) is 9.47 Å². The zero-order chi connectivity index (χ0) is 26.1. The molecule has 0 fully saturated rings. The number of methoxy groups -OCH3 is 1. The lowest BCUT2D eigenvalue weighted by atomic mass is 10.0. The van der Waals surface area contributed by atoms with Gasteiger partial charge in [0.2, 0.25) is 5.91 Å². The molecule has 0 saturated carbocycles. The summed E-state index contributed by atoms with van der Waals surface area (Å²) in [5.74, 6) is 0.527. The molecule has 6 nitrogen and oxygen atoms in total. The fourth-order valence-corrected chi connectivity index (χ4v) is 3.86. The number of para-hydroxylation sites is 2. The first kappa shape index (κ1) is 26.8. The minimum Gasteiger partial charge on any atom is -0.493 e. The molecule has 0 radical (unpaired) electrons. The number of nitrogens with one attached hydrogen (secondary N) is 1. The summed E-state index contributed by atoms with van der Waals surface area (Å²) in [5.41, 5.74) is 2.59. The van der Waals surface area contributed by atoms with Gasteiger partial charge in [0, 0.05) is 18.5 Å². The molecule has 0 aliphatic heterocycles. The van der Waals surface area contributed by atoms with E-state index in [0.717, 1.165) is 16.7 Å². The van der Waals surface area contributed by atoms with Gasteiger partial charge in [0.15, 0.2) is 18.1 Å². The van der Waals surface area contributed by atoms with Crippen LogP contribution >= 0.6 is 0 Å². The number of ether oxygens (including phenoxy) is 2. The maximum Gasteiger partial charge on any atom is 0.261 e. The van der Waals surface area contributed by atoms with Crippen molar-refractivity contribution in [1.29, 1.82) is 0 Å². The topological polar surface area (TPSA) is 67.9 Å². The average Bonchev–Trinajstić information content (AvgIpc) is 2.85. The number of aryl methyl sites for hydroxylation is 1. The Balaban J connectivity index is 1.93. The molecule has 36 heavy (non-hydrogen) atoms. The lowest BCUT2D eigenvalue weighted by Crippen LogP contribution is -2.55. The lowest BCUT2D eigenvalue weighted by molar-refractivity contribution is -0.143. The van der Waals surface area contributed by atoms with Crippen LogP contribution in [0.25, 0.3) is 0 Å². The normalized spacial score (nSPS) is 11.9. The van der Waals surface area contributed by atoms with E-state index in [2.05, 4.69) is 5.32 Å². The Labute approximate surface area is 214 Å². The van der Waals surface area contributed by atoms with Crippen molar-refractivity contribution in [3.63, 3.8) is 0 Å². The van der Waals surface area contributed by atoms with Gasteiger partial charge in [-0.3, -0.25) is 9.59 Å². The molecule has 0 unspecified atom stereocenters. The van der Waals surface area contributed by atoms with E-state index < -0.39 is 11.6 Å². The van der Waals surface area contributed by atoms with Crippen molar-refractivity contribution in [2.45, 2.75) is 52.2 Å². The molecule has 0 bridgehead atoms. The Morgan fingerprint density at radius 1 is 0.861 bits per heavy atom. The summed E-state index contributed by atoms with van der Waals surface area (Å²) < 4.78 is 11.2. The molecule has 0 heterocycles. The van der Waals surface area contributed by atoms with Gasteiger partial charge in [-0.1, -0.05) is 72.3 Å². The van der Waals surface area contributed by atoms with Crippen LogP contribution < -0.4 is 14.8 Å². The molecule has 1 N–H and O–H groups in total. The van der Waals surface area contributed by atoms with Crippen LogP contribution in [-0.4, -0.2) is 42.0 Å². The predicted molar refractivity (Wildman–Crippen MR) is 142 cm³/mol. The Kier molecular flexibility index (Phi) is 9.12. The number of hydrogen-bond donors (Lipinski definition) is 1. The second-order valence-electron chi connectivity index (χ2n) is 9.89. The van der Waals surface area contributed by atoms with Crippen molar-refractivity contribution in [1.82, 2.24) is 10.2 Å². The van der Waals surface area contributed by atoms with Gasteiger partial charge in [-0.05, 0) is 51.0 Å². The number of nitrogens with zero attached hydrogens (tertiary/aromatic N) is 1. The molecule has 0 aliphatic carbocycles. The highest BCUT2D eigenvalue weighted by Gasteiger charge is 2.32. The summed E-state index contributed by atoms with van der Waals surface area (Å²) >= 11 is 0. The van der Waals surface area contributed by atoms with Crippen LogP contribution in [0.3, 0.4) is 0 Å². The summed E-state index contributed by atoms with van der Waals surface area (Å²) in [6.45, 7) is 7.87. The van der Waals surface area contributed by atoms with E-state index in [1.165, 1.54) is 0 Å². The average molecular weight is 489 g/mol. The van der Waals surface area contributed by atoms with Gasteiger partial charge >= 0.3 is 0 Å². The van der Waals surface area contributed by atoms with Crippen molar-refractivity contribution in [2.24, 2.45) is 0 Å². The van der Waals surface area contributed by atoms with Gasteiger partial charge in [0.1, 0.15) is 6.04 Å². The third kappa shape index (κ3) is 7.87. The quantitative estimate of drug-likeness (QED) is 0.439. The molecule has 3 rings (SSSR count). The predicted octanol–water partition coefficient (Wildman–Crippen LogP) is 4.94. The maximum absolute atomic E-state index is 13.7. The van der Waals surface area contributed by atoms with Crippen LogP contribution in [0.2, 0.25) is 0 Å². The highest BCUT2D eigenvalue weighted by molar-refractivity contribution is 5.89. The summed E-state index contributed by atoms with van der Waals surface area (Å²) in [6, 6.07) is 24.2. The van der Waals surface area contributed by atoms with Crippen molar-refractivity contribution in [3.05, 3.63) is 95.6 Å². The van der Waals surface area contributed by atoms with E-state index in [1.807, 2.05) is 94.4 Å². The summed E-state index contributed by atoms with van der Waals surface area (Å²) in [6.07, 6.45) is 0.384. The van der Waals surface area contributed by atoms with Crippen LogP contribution in [0.1, 0.15) is 37.5 Å². The molecule has 1 atom stereocenters. The van der Waals surface area contributed by atoms with Crippen LogP contribution in [0, 0.1) is 6.92 Å². The monoisotopic (exact) mass is 488 g/mol. The summed E-state index contributed by atoms with van der Waals surface area (Å²) in [7, 11) is 1.56. The van der Waals surface area contributed by atoms with Crippen LogP contribution in [0.15, 0.2) is 78.9 Å². The van der Waals surface area contributed by atoms with E-state index in [-0.39, 0.29) is 25.0 Å². The van der Waals surface area contributed by atoms with Gasteiger partial charge in [-0.2, -0.15) is 0 Å². The Hall–Kier alpha value is -3.80. The van der Waals surface area contributed by atoms with Crippen molar-refractivity contribution in [3.8, 4) is 11.5 Å². The number of rotatable bonds is 10. The van der Waals surface area contributed by atoms with Gasteiger partial charge in [-0.25, -0.2) is 0 Å². The molecule has 3 aromatic carbocycles. The molecule has 2 amide bonds. The minimum absolute atomic E-state index is 0.205. The number of hydrogen-bond acceptors (Lipinski definition) is 4. The van der Waals surface area contributed by atoms with E-state index in [9.17, 15) is 9.59 Å². The summed E-state index contributed by atoms with van der Waals surface area (Å²) in [4.78, 5) is 28.9. The first-order chi connectivity index (χ1) is 17.2. The molecule has 0 saturated heterocycles. The zero-order valence-corrected chi connectivity index (χ0v) is 21.8. The van der Waals surface area contributed by atoms with Gasteiger partial charge in [0.25, 0.3) is 5.91 Å². The van der Waals surface area contributed by atoms with Gasteiger partial charge in [0.05, 0.1) is 7.11 Å². The van der Waals surface area contributed by atoms with Crippen molar-refractivity contribution < 1.29 is 19.1 Å². The third-order valence-corrected chi connectivity index (χ3v) is 5.66. The summed E-state index contributed by atoms with van der Waals surface area (Å²) in [5, 5.41) is 3.07. The Morgan fingerprint density at radius 2 is 1.47 bits per heavy atom. The third-order valence-electron chi connectivity index (χ3n) is 5.66. The molecule has 0 spiro atoms. The molecule has 6 heteroatoms. The lowest BCUT2D eigenvalue weighted by Gasteiger charge is -2.33. The number of carbonyl (C=O) groups excluding carboxylic acids is 2. The molecule has 3 aromatic rings. The maximum atomic E-state index is 13.7. The van der Waals surface area contributed by atoms with Crippen LogP contribution in [0.4, 0.5) is 0 Å². The number of carbonyl (C=O) groups is 2. The SMILES string of the molecule is COc1ccccc1OCC(=O)N(Cc1ccc(C)cc1)[C@@H](Cc1ccccc1)C(=O)NC(C)(C)C. The smallest absolute Gasteiger partial charge is 0.261 e. The highest BCUT2D eigenvalue weighted by atomic mass is 16.5. The first-order valence-corrected chi connectivity index (χ1v) is 12.1. The number of benzene rings is 3. The van der Waals surface area contributed by atoms with E-state index >= 15 is 0 Å². The van der Waals surface area contributed by atoms with Crippen LogP contribution in [0.5, 0.6) is 11.5 Å². The Morgan fingerprint density at radius 3 is 2.08 bits per heavy atom. The second kappa shape index (κ2) is 12.2. The first-order valence-electron chi connectivity index (χ1n) is 12.1. The van der Waals surface area contributed by atoms with Crippen molar-refractivity contribution >= 4 is 11.8 Å². The molecular weight excluding hydrogens is 452 g/mol. The largest absolute Gasteiger partial charge is 0.493 e. The second-order valence-corrected chi connectivity index (χ2v) is 9.89. The molecule has 0 aliphatic rings. The van der Waals surface area contributed by atoms with Crippen LogP contribution in [-0.2, 0) is 22.6 Å². The Bertz CT molecular complexity index is 1140. The standard InChI is InChI=1S/C30H36N2O4/c1-22-15-17-24(18-16-22)20-32(28(33)21-36-27-14-10-9-13-26(27)35-5)25(29(34)31-30(2,3)4)19-23-11-7-6-8-12-23/h6-18,25H,19-21H2,1-5H3,(H,31,34)/t25-/m0/s1. The van der Waals surface area contributed by atoms with Crippen molar-refractivity contribution in [2.75, 3.05) is 13.7 Å². The van der Waals surface area contributed by atoms with Gasteiger partial charge < -0.3 is 19.7 Å². The highest BCUT2D eigenvalue weighted by Crippen LogP contribution is 2.26. The fraction of sp³-hybridized carbons (Fsp3) is 0.333. The molecule has 190 valence electrons. The molecule has 0 aromatic heterocycles. The minimum atomic E-state index is -0.721. The molecular formula is C30H36N2O4. The number of amides is 2.